The van der Waals surface area contributed by atoms with Gasteiger partial charge in [0.2, 0.25) is 5.91 Å². The molecule has 0 bridgehead atoms. The number of amides is 2. The standard InChI is InChI=1S/C10H16N2O3/c11-9(13)7-3-1-5-12(7)10(14)8-4-2-6-15-8/h7-8H,1-6H2,(H2,11,13)/t7?,8-/m0/s1. The third kappa shape index (κ3) is 1.97. The first-order valence-corrected chi connectivity index (χ1v) is 5.41. The van der Waals surface area contributed by atoms with Crippen molar-refractivity contribution in [3.05, 3.63) is 0 Å². The molecule has 15 heavy (non-hydrogen) atoms. The lowest BCUT2D eigenvalue weighted by Gasteiger charge is -2.24. The van der Waals surface area contributed by atoms with Crippen LogP contribution in [0, 0.1) is 0 Å². The summed E-state index contributed by atoms with van der Waals surface area (Å²) < 4.78 is 5.31. The van der Waals surface area contributed by atoms with Crippen LogP contribution in [0.25, 0.3) is 0 Å². The van der Waals surface area contributed by atoms with E-state index >= 15 is 0 Å². The average Bonchev–Trinajstić information content (AvgIpc) is 2.88. The lowest BCUT2D eigenvalue weighted by molar-refractivity contribution is -0.145. The number of likely N-dealkylation sites (tertiary alicyclic amines) is 1. The van der Waals surface area contributed by atoms with Crippen LogP contribution in [-0.2, 0) is 14.3 Å². The molecule has 2 N–H and O–H groups in total. The molecule has 2 fully saturated rings. The Hall–Kier alpha value is -1.10. The SMILES string of the molecule is NC(=O)C1CCCN1C(=O)[C@@H]1CCCO1. The van der Waals surface area contributed by atoms with E-state index in [1.807, 2.05) is 0 Å². The molecule has 1 unspecified atom stereocenters. The number of nitrogens with zero attached hydrogens (tertiary/aromatic N) is 1. The van der Waals surface area contributed by atoms with Gasteiger partial charge in [-0.05, 0) is 25.7 Å². The zero-order valence-electron chi connectivity index (χ0n) is 8.65. The third-order valence-corrected chi connectivity index (χ3v) is 3.07. The second-order valence-corrected chi connectivity index (χ2v) is 4.09. The van der Waals surface area contributed by atoms with E-state index in [1.165, 1.54) is 0 Å². The minimum atomic E-state index is -0.415. The molecule has 0 saturated carbocycles. The zero-order valence-corrected chi connectivity index (χ0v) is 8.65. The van der Waals surface area contributed by atoms with E-state index in [1.54, 1.807) is 4.90 Å². The van der Waals surface area contributed by atoms with Crippen molar-refractivity contribution in [3.63, 3.8) is 0 Å². The van der Waals surface area contributed by atoms with Crippen molar-refractivity contribution < 1.29 is 14.3 Å². The molecule has 2 atom stereocenters. The van der Waals surface area contributed by atoms with Crippen molar-refractivity contribution in [2.75, 3.05) is 13.2 Å². The predicted octanol–water partition coefficient (Wildman–Crippen LogP) is -0.358. The van der Waals surface area contributed by atoms with Gasteiger partial charge in [-0.2, -0.15) is 0 Å². The van der Waals surface area contributed by atoms with Crippen LogP contribution in [0.3, 0.4) is 0 Å². The molecule has 5 nitrogen and oxygen atoms in total. The molecule has 0 aromatic heterocycles. The van der Waals surface area contributed by atoms with Crippen LogP contribution in [0.5, 0.6) is 0 Å². The summed E-state index contributed by atoms with van der Waals surface area (Å²) in [6.07, 6.45) is 2.89. The fraction of sp³-hybridized carbons (Fsp3) is 0.800. The van der Waals surface area contributed by atoms with Gasteiger partial charge in [0, 0.05) is 13.2 Å². The lowest BCUT2D eigenvalue weighted by Crippen LogP contribution is -2.47. The zero-order chi connectivity index (χ0) is 10.8. The summed E-state index contributed by atoms with van der Waals surface area (Å²) >= 11 is 0. The number of rotatable bonds is 2. The van der Waals surface area contributed by atoms with E-state index in [-0.39, 0.29) is 12.0 Å². The number of carbonyl (C=O) groups excluding carboxylic acids is 2. The van der Waals surface area contributed by atoms with Crippen LogP contribution in [0.15, 0.2) is 0 Å². The van der Waals surface area contributed by atoms with Crippen molar-refractivity contribution in [1.82, 2.24) is 4.90 Å². The van der Waals surface area contributed by atoms with Gasteiger partial charge in [-0.3, -0.25) is 9.59 Å². The molecule has 0 aromatic rings. The van der Waals surface area contributed by atoms with Crippen molar-refractivity contribution in [2.24, 2.45) is 5.73 Å². The topological polar surface area (TPSA) is 72.6 Å². The van der Waals surface area contributed by atoms with Crippen molar-refractivity contribution in [2.45, 2.75) is 37.8 Å². The lowest BCUT2D eigenvalue weighted by atomic mass is 10.2. The third-order valence-electron chi connectivity index (χ3n) is 3.07. The Balaban J connectivity index is 2.02. The maximum absolute atomic E-state index is 12.0. The average molecular weight is 212 g/mol. The summed E-state index contributed by atoms with van der Waals surface area (Å²) in [6.45, 7) is 1.28. The van der Waals surface area contributed by atoms with Crippen molar-refractivity contribution in [1.29, 1.82) is 0 Å². The first-order valence-electron chi connectivity index (χ1n) is 5.41. The van der Waals surface area contributed by atoms with Gasteiger partial charge < -0.3 is 15.4 Å². The molecule has 2 saturated heterocycles. The minimum Gasteiger partial charge on any atom is -0.368 e. The number of nitrogens with two attached hydrogens (primary N) is 1. The number of ether oxygens (including phenoxy) is 1. The highest BCUT2D eigenvalue weighted by atomic mass is 16.5. The van der Waals surface area contributed by atoms with Crippen LogP contribution in [0.4, 0.5) is 0 Å². The van der Waals surface area contributed by atoms with Gasteiger partial charge in [0.25, 0.3) is 5.91 Å². The minimum absolute atomic E-state index is 0.0613. The van der Waals surface area contributed by atoms with Gasteiger partial charge in [0.05, 0.1) is 0 Å². The summed E-state index contributed by atoms with van der Waals surface area (Å²) in [4.78, 5) is 24.7. The quantitative estimate of drug-likeness (QED) is 0.679. The van der Waals surface area contributed by atoms with E-state index < -0.39 is 11.9 Å². The molecule has 0 aromatic carbocycles. The highest BCUT2D eigenvalue weighted by Crippen LogP contribution is 2.22. The molecule has 2 heterocycles. The second kappa shape index (κ2) is 4.18. The Bertz CT molecular complexity index is 274. The summed E-state index contributed by atoms with van der Waals surface area (Å²) in [5.41, 5.74) is 5.25. The van der Waals surface area contributed by atoms with Gasteiger partial charge >= 0.3 is 0 Å². The molecule has 0 radical (unpaired) electrons. The Kier molecular flexibility index (Phi) is 2.90. The van der Waals surface area contributed by atoms with Gasteiger partial charge in [0.15, 0.2) is 0 Å². The fourth-order valence-corrected chi connectivity index (χ4v) is 2.28. The molecule has 2 aliphatic heterocycles. The van der Waals surface area contributed by atoms with Gasteiger partial charge in [0.1, 0.15) is 12.1 Å². The molecule has 2 aliphatic rings. The number of hydrogen-bond donors (Lipinski definition) is 1. The first kappa shape index (κ1) is 10.4. The molecular weight excluding hydrogens is 196 g/mol. The maximum Gasteiger partial charge on any atom is 0.252 e. The van der Waals surface area contributed by atoms with Crippen molar-refractivity contribution >= 4 is 11.8 Å². The molecule has 2 rings (SSSR count). The molecule has 5 heteroatoms. The maximum atomic E-state index is 12.0. The smallest absolute Gasteiger partial charge is 0.252 e. The van der Waals surface area contributed by atoms with E-state index in [9.17, 15) is 9.59 Å². The molecule has 0 spiro atoms. The first-order chi connectivity index (χ1) is 7.20. The Morgan fingerprint density at radius 1 is 1.27 bits per heavy atom. The van der Waals surface area contributed by atoms with Gasteiger partial charge in [-0.25, -0.2) is 0 Å². The Morgan fingerprint density at radius 2 is 2.07 bits per heavy atom. The number of primary amides is 1. The number of hydrogen-bond acceptors (Lipinski definition) is 3. The highest BCUT2D eigenvalue weighted by Gasteiger charge is 2.37. The highest BCUT2D eigenvalue weighted by molar-refractivity contribution is 5.89. The summed E-state index contributed by atoms with van der Waals surface area (Å²) in [5, 5.41) is 0. The predicted molar refractivity (Wildman–Crippen MR) is 52.9 cm³/mol. The second-order valence-electron chi connectivity index (χ2n) is 4.09. The van der Waals surface area contributed by atoms with E-state index in [4.69, 9.17) is 10.5 Å². The van der Waals surface area contributed by atoms with Crippen LogP contribution < -0.4 is 5.73 Å². The normalized spacial score (nSPS) is 30.8. The monoisotopic (exact) mass is 212 g/mol. The van der Waals surface area contributed by atoms with Gasteiger partial charge in [-0.15, -0.1) is 0 Å². The summed E-state index contributed by atoms with van der Waals surface area (Å²) in [7, 11) is 0. The van der Waals surface area contributed by atoms with E-state index in [0.717, 1.165) is 19.3 Å². The largest absolute Gasteiger partial charge is 0.368 e. The Morgan fingerprint density at radius 3 is 2.67 bits per heavy atom. The van der Waals surface area contributed by atoms with Crippen LogP contribution in [0.2, 0.25) is 0 Å². The van der Waals surface area contributed by atoms with E-state index in [0.29, 0.717) is 19.6 Å². The summed E-state index contributed by atoms with van der Waals surface area (Å²) in [5.74, 6) is -0.465. The van der Waals surface area contributed by atoms with Crippen molar-refractivity contribution in [3.8, 4) is 0 Å². The van der Waals surface area contributed by atoms with E-state index in [2.05, 4.69) is 0 Å². The van der Waals surface area contributed by atoms with Crippen LogP contribution in [-0.4, -0.2) is 42.0 Å². The summed E-state index contributed by atoms with van der Waals surface area (Å²) in [6, 6.07) is -0.415. The number of carbonyl (C=O) groups is 2. The molecule has 84 valence electrons. The Labute approximate surface area is 88.5 Å². The molecular formula is C10H16N2O3. The fourth-order valence-electron chi connectivity index (χ4n) is 2.28. The molecule has 2 amide bonds. The van der Waals surface area contributed by atoms with Crippen LogP contribution in [0.1, 0.15) is 25.7 Å². The van der Waals surface area contributed by atoms with Crippen LogP contribution >= 0.6 is 0 Å². The van der Waals surface area contributed by atoms with Gasteiger partial charge in [-0.1, -0.05) is 0 Å². The molecule has 0 aliphatic carbocycles.